The first kappa shape index (κ1) is 14.4. The van der Waals surface area contributed by atoms with Gasteiger partial charge in [-0.2, -0.15) is 0 Å². The lowest BCUT2D eigenvalue weighted by atomic mass is 10.1. The molecular formula is C17H16FN3O. The van der Waals surface area contributed by atoms with Crippen molar-refractivity contribution in [3.05, 3.63) is 82.2 Å². The van der Waals surface area contributed by atoms with Crippen molar-refractivity contribution >= 4 is 5.65 Å². The number of nitrogens with zero attached hydrogens (tertiary/aromatic N) is 2. The number of benzene rings is 1. The van der Waals surface area contributed by atoms with E-state index in [1.54, 1.807) is 36.5 Å². The number of hydrogen-bond acceptors (Lipinski definition) is 3. The zero-order valence-electron chi connectivity index (χ0n) is 12.2. The first-order chi connectivity index (χ1) is 10.6. The van der Waals surface area contributed by atoms with Crippen LogP contribution in [0.3, 0.4) is 0 Å². The SMILES string of the molecule is CC(NCc1cc(=O)n2ccccc2n1)c1ccccc1F. The average molecular weight is 297 g/mol. The number of aromatic nitrogens is 2. The molecule has 3 aromatic rings. The molecule has 112 valence electrons. The summed E-state index contributed by atoms with van der Waals surface area (Å²) in [6.45, 7) is 2.28. The van der Waals surface area contributed by atoms with Crippen LogP contribution in [0.4, 0.5) is 4.39 Å². The molecule has 0 saturated heterocycles. The highest BCUT2D eigenvalue weighted by Crippen LogP contribution is 2.16. The summed E-state index contributed by atoms with van der Waals surface area (Å²) >= 11 is 0. The molecule has 2 heterocycles. The number of fused-ring (bicyclic) bond motifs is 1. The number of hydrogen-bond donors (Lipinski definition) is 1. The molecule has 1 N–H and O–H groups in total. The zero-order chi connectivity index (χ0) is 15.5. The van der Waals surface area contributed by atoms with E-state index in [1.807, 2.05) is 13.0 Å². The van der Waals surface area contributed by atoms with Crippen molar-refractivity contribution in [1.29, 1.82) is 0 Å². The molecule has 0 spiro atoms. The van der Waals surface area contributed by atoms with Crippen LogP contribution < -0.4 is 10.9 Å². The summed E-state index contributed by atoms with van der Waals surface area (Å²) in [6.07, 6.45) is 1.68. The molecule has 0 aliphatic rings. The summed E-state index contributed by atoms with van der Waals surface area (Å²) in [5.41, 5.74) is 1.71. The van der Waals surface area contributed by atoms with Gasteiger partial charge in [0.05, 0.1) is 5.69 Å². The van der Waals surface area contributed by atoms with Crippen LogP contribution in [0.15, 0.2) is 59.5 Å². The van der Waals surface area contributed by atoms with Gasteiger partial charge in [0.15, 0.2) is 0 Å². The Bertz CT molecular complexity index is 860. The predicted octanol–water partition coefficient (Wildman–Crippen LogP) is 2.68. The van der Waals surface area contributed by atoms with Crippen molar-refractivity contribution < 1.29 is 4.39 Å². The first-order valence-electron chi connectivity index (χ1n) is 7.10. The van der Waals surface area contributed by atoms with Gasteiger partial charge in [0.25, 0.3) is 5.56 Å². The van der Waals surface area contributed by atoms with Crippen LogP contribution in [0.25, 0.3) is 5.65 Å². The highest BCUT2D eigenvalue weighted by Gasteiger charge is 2.10. The standard InChI is InChI=1S/C17H16FN3O/c1-12(14-6-2-3-7-15(14)18)19-11-13-10-17(22)21-9-5-4-8-16(21)20-13/h2-10,12,19H,11H2,1H3. The number of rotatable bonds is 4. The Labute approximate surface area is 127 Å². The van der Waals surface area contributed by atoms with Gasteiger partial charge in [-0.25, -0.2) is 9.37 Å². The Balaban J connectivity index is 1.79. The van der Waals surface area contributed by atoms with Gasteiger partial charge in [0, 0.05) is 30.4 Å². The summed E-state index contributed by atoms with van der Waals surface area (Å²) in [6, 6.07) is 13.4. The van der Waals surface area contributed by atoms with Crippen molar-refractivity contribution in [2.75, 3.05) is 0 Å². The van der Waals surface area contributed by atoms with E-state index in [1.165, 1.54) is 16.5 Å². The largest absolute Gasteiger partial charge is 0.304 e. The molecule has 5 heteroatoms. The van der Waals surface area contributed by atoms with Gasteiger partial charge in [-0.15, -0.1) is 0 Å². The molecule has 0 radical (unpaired) electrons. The van der Waals surface area contributed by atoms with Crippen LogP contribution in [-0.2, 0) is 6.54 Å². The molecular weight excluding hydrogens is 281 g/mol. The molecule has 1 aromatic carbocycles. The summed E-state index contributed by atoms with van der Waals surface area (Å²) in [7, 11) is 0. The van der Waals surface area contributed by atoms with Crippen molar-refractivity contribution in [2.45, 2.75) is 19.5 Å². The second-order valence-electron chi connectivity index (χ2n) is 5.14. The van der Waals surface area contributed by atoms with E-state index < -0.39 is 0 Å². The van der Waals surface area contributed by atoms with Crippen molar-refractivity contribution in [2.24, 2.45) is 0 Å². The summed E-state index contributed by atoms with van der Waals surface area (Å²) < 4.78 is 15.2. The van der Waals surface area contributed by atoms with E-state index in [-0.39, 0.29) is 17.4 Å². The van der Waals surface area contributed by atoms with Gasteiger partial charge in [0.2, 0.25) is 0 Å². The molecule has 22 heavy (non-hydrogen) atoms. The van der Waals surface area contributed by atoms with Gasteiger partial charge < -0.3 is 5.32 Å². The Hall–Kier alpha value is -2.53. The molecule has 0 bridgehead atoms. The molecule has 0 aliphatic carbocycles. The van der Waals surface area contributed by atoms with Crippen LogP contribution in [0, 0.1) is 5.82 Å². The molecule has 3 rings (SSSR count). The van der Waals surface area contributed by atoms with Crippen LogP contribution >= 0.6 is 0 Å². The van der Waals surface area contributed by atoms with E-state index in [0.717, 1.165) is 0 Å². The summed E-state index contributed by atoms with van der Waals surface area (Å²) in [4.78, 5) is 16.4. The number of halogens is 1. The Morgan fingerprint density at radius 3 is 2.82 bits per heavy atom. The van der Waals surface area contributed by atoms with E-state index in [9.17, 15) is 9.18 Å². The third-order valence-electron chi connectivity index (χ3n) is 3.59. The van der Waals surface area contributed by atoms with E-state index >= 15 is 0 Å². The molecule has 4 nitrogen and oxygen atoms in total. The van der Waals surface area contributed by atoms with Gasteiger partial charge >= 0.3 is 0 Å². The van der Waals surface area contributed by atoms with Gasteiger partial charge in [-0.1, -0.05) is 24.3 Å². The minimum atomic E-state index is -0.242. The van der Waals surface area contributed by atoms with Gasteiger partial charge in [0.1, 0.15) is 11.5 Å². The zero-order valence-corrected chi connectivity index (χ0v) is 12.2. The fourth-order valence-electron chi connectivity index (χ4n) is 2.39. The maximum atomic E-state index is 13.7. The number of pyridine rings is 1. The minimum Gasteiger partial charge on any atom is -0.304 e. The van der Waals surface area contributed by atoms with Crippen molar-refractivity contribution in [1.82, 2.24) is 14.7 Å². The fraction of sp³-hybridized carbons (Fsp3) is 0.176. The molecule has 0 amide bonds. The quantitative estimate of drug-likeness (QED) is 0.805. The molecule has 1 unspecified atom stereocenters. The first-order valence-corrected chi connectivity index (χ1v) is 7.10. The minimum absolute atomic E-state index is 0.124. The van der Waals surface area contributed by atoms with Crippen LogP contribution in [0.5, 0.6) is 0 Å². The molecule has 0 aliphatic heterocycles. The van der Waals surface area contributed by atoms with Gasteiger partial charge in [-0.3, -0.25) is 9.20 Å². The topological polar surface area (TPSA) is 46.4 Å². The maximum absolute atomic E-state index is 13.7. The smallest absolute Gasteiger partial charge is 0.258 e. The number of nitrogens with one attached hydrogen (secondary N) is 1. The van der Waals surface area contributed by atoms with Crippen LogP contribution in [0.1, 0.15) is 24.2 Å². The molecule has 0 fully saturated rings. The third kappa shape index (κ3) is 2.89. The average Bonchev–Trinajstić information content (AvgIpc) is 2.53. The predicted molar refractivity (Wildman–Crippen MR) is 83.1 cm³/mol. The third-order valence-corrected chi connectivity index (χ3v) is 3.59. The van der Waals surface area contributed by atoms with Crippen molar-refractivity contribution in [3.8, 4) is 0 Å². The highest BCUT2D eigenvalue weighted by molar-refractivity contribution is 5.38. The van der Waals surface area contributed by atoms with E-state index in [2.05, 4.69) is 10.3 Å². The monoisotopic (exact) mass is 297 g/mol. The lowest BCUT2D eigenvalue weighted by Crippen LogP contribution is -2.22. The Kier molecular flexibility index (Phi) is 3.98. The maximum Gasteiger partial charge on any atom is 0.258 e. The van der Waals surface area contributed by atoms with E-state index in [0.29, 0.717) is 23.4 Å². The van der Waals surface area contributed by atoms with Crippen LogP contribution in [-0.4, -0.2) is 9.38 Å². The fourth-order valence-corrected chi connectivity index (χ4v) is 2.39. The summed E-state index contributed by atoms with van der Waals surface area (Å²) in [5, 5.41) is 3.20. The molecule has 0 saturated carbocycles. The second kappa shape index (κ2) is 6.07. The molecule has 1 atom stereocenters. The lowest BCUT2D eigenvalue weighted by molar-refractivity contribution is 0.524. The van der Waals surface area contributed by atoms with E-state index in [4.69, 9.17) is 0 Å². The van der Waals surface area contributed by atoms with Crippen molar-refractivity contribution in [3.63, 3.8) is 0 Å². The lowest BCUT2D eigenvalue weighted by Gasteiger charge is -2.14. The second-order valence-corrected chi connectivity index (χ2v) is 5.14. The Morgan fingerprint density at radius 2 is 2.00 bits per heavy atom. The molecule has 2 aromatic heterocycles. The van der Waals surface area contributed by atoms with Gasteiger partial charge in [-0.05, 0) is 25.1 Å². The van der Waals surface area contributed by atoms with Crippen LogP contribution in [0.2, 0.25) is 0 Å². The normalized spacial score (nSPS) is 12.5. The highest BCUT2D eigenvalue weighted by atomic mass is 19.1. The Morgan fingerprint density at radius 1 is 1.23 bits per heavy atom. The summed E-state index contributed by atoms with van der Waals surface area (Å²) in [5.74, 6) is -0.242.